The van der Waals surface area contributed by atoms with E-state index in [-0.39, 0.29) is 0 Å². The molecule has 0 spiro atoms. The highest BCUT2D eigenvalue weighted by atomic mass is 15.2. The first-order valence-corrected chi connectivity index (χ1v) is 5.70. The van der Waals surface area contributed by atoms with E-state index >= 15 is 0 Å². The van der Waals surface area contributed by atoms with E-state index in [2.05, 4.69) is 23.0 Å². The van der Waals surface area contributed by atoms with Gasteiger partial charge in [0, 0.05) is 19.6 Å². The van der Waals surface area contributed by atoms with Gasteiger partial charge in [-0.25, -0.2) is 4.98 Å². The van der Waals surface area contributed by atoms with Gasteiger partial charge in [-0.05, 0) is 25.0 Å². The molecule has 3 nitrogen and oxygen atoms in total. The van der Waals surface area contributed by atoms with E-state index in [0.717, 1.165) is 11.5 Å². The maximum Gasteiger partial charge on any atom is 0.128 e. The zero-order valence-electron chi connectivity index (χ0n) is 9.32. The molecule has 0 radical (unpaired) electrons. The average Bonchev–Trinajstić information content (AvgIpc) is 2.81. The molecule has 0 saturated heterocycles. The molecule has 0 bridgehead atoms. The van der Waals surface area contributed by atoms with Crippen LogP contribution in [0.25, 0.3) is 0 Å². The Labute approximate surface area is 91.3 Å². The van der Waals surface area contributed by atoms with Gasteiger partial charge >= 0.3 is 0 Å². The third-order valence-corrected chi connectivity index (χ3v) is 3.23. The Morgan fingerprint density at radius 2 is 2.13 bits per heavy atom. The summed E-state index contributed by atoms with van der Waals surface area (Å²) >= 11 is 0. The lowest BCUT2D eigenvalue weighted by atomic mass is 10.2. The molecule has 0 aliphatic heterocycles. The van der Waals surface area contributed by atoms with Crippen molar-refractivity contribution in [1.29, 1.82) is 0 Å². The molecule has 1 aromatic rings. The van der Waals surface area contributed by atoms with E-state index < -0.39 is 0 Å². The molecule has 3 heteroatoms. The highest BCUT2D eigenvalue weighted by Gasteiger charge is 2.20. The molecule has 15 heavy (non-hydrogen) atoms. The molecule has 1 heterocycles. The Balaban J connectivity index is 2.13. The van der Waals surface area contributed by atoms with Crippen molar-refractivity contribution < 1.29 is 0 Å². The largest absolute Gasteiger partial charge is 0.357 e. The maximum atomic E-state index is 5.59. The Morgan fingerprint density at radius 3 is 2.80 bits per heavy atom. The van der Waals surface area contributed by atoms with Crippen LogP contribution >= 0.6 is 0 Å². The number of pyridine rings is 1. The lowest BCUT2D eigenvalue weighted by Crippen LogP contribution is -2.29. The first-order valence-electron chi connectivity index (χ1n) is 5.70. The number of aromatic nitrogens is 1. The van der Waals surface area contributed by atoms with Gasteiger partial charge in [0.05, 0.1) is 5.69 Å². The van der Waals surface area contributed by atoms with Crippen molar-refractivity contribution in [1.82, 2.24) is 4.98 Å². The first-order chi connectivity index (χ1) is 7.31. The minimum absolute atomic E-state index is 0.520. The highest BCUT2D eigenvalue weighted by molar-refractivity contribution is 5.39. The fraction of sp³-hybridized carbons (Fsp3) is 0.583. The average molecular weight is 205 g/mol. The molecule has 82 valence electrons. The SMILES string of the molecule is CN(c1cccc(CN)n1)C1CCCC1. The fourth-order valence-corrected chi connectivity index (χ4v) is 2.26. The normalized spacial score (nSPS) is 16.9. The van der Waals surface area contributed by atoms with Crippen LogP contribution in [0.3, 0.4) is 0 Å². The van der Waals surface area contributed by atoms with Crippen LogP contribution in [-0.4, -0.2) is 18.1 Å². The van der Waals surface area contributed by atoms with Crippen molar-refractivity contribution >= 4 is 5.82 Å². The quantitative estimate of drug-likeness (QED) is 0.819. The number of anilines is 1. The molecule has 0 aromatic carbocycles. The van der Waals surface area contributed by atoms with E-state index in [4.69, 9.17) is 5.73 Å². The van der Waals surface area contributed by atoms with Crippen LogP contribution in [0.2, 0.25) is 0 Å². The first kappa shape index (κ1) is 10.4. The second-order valence-electron chi connectivity index (χ2n) is 4.24. The smallest absolute Gasteiger partial charge is 0.128 e. The third kappa shape index (κ3) is 2.29. The van der Waals surface area contributed by atoms with Crippen molar-refractivity contribution in [3.05, 3.63) is 23.9 Å². The van der Waals surface area contributed by atoms with Crippen molar-refractivity contribution in [3.8, 4) is 0 Å². The zero-order valence-corrected chi connectivity index (χ0v) is 9.32. The molecule has 0 atom stereocenters. The van der Waals surface area contributed by atoms with Crippen LogP contribution in [0.15, 0.2) is 18.2 Å². The van der Waals surface area contributed by atoms with E-state index in [1.807, 2.05) is 12.1 Å². The minimum atomic E-state index is 0.520. The van der Waals surface area contributed by atoms with Gasteiger partial charge in [0.1, 0.15) is 5.82 Å². The van der Waals surface area contributed by atoms with Gasteiger partial charge in [0.15, 0.2) is 0 Å². The predicted octanol–water partition coefficient (Wildman–Crippen LogP) is 1.92. The third-order valence-electron chi connectivity index (χ3n) is 3.23. The van der Waals surface area contributed by atoms with Gasteiger partial charge in [0.2, 0.25) is 0 Å². The standard InChI is InChI=1S/C12H19N3/c1-15(11-6-2-3-7-11)12-8-4-5-10(9-13)14-12/h4-5,8,11H,2-3,6-7,9,13H2,1H3. The van der Waals surface area contributed by atoms with Gasteiger partial charge in [0.25, 0.3) is 0 Å². The van der Waals surface area contributed by atoms with Gasteiger partial charge in [-0.15, -0.1) is 0 Å². The van der Waals surface area contributed by atoms with Gasteiger partial charge in [-0.2, -0.15) is 0 Å². The molecule has 1 saturated carbocycles. The monoisotopic (exact) mass is 205 g/mol. The van der Waals surface area contributed by atoms with Crippen LogP contribution in [0.5, 0.6) is 0 Å². The minimum Gasteiger partial charge on any atom is -0.357 e. The number of rotatable bonds is 3. The lowest BCUT2D eigenvalue weighted by Gasteiger charge is -2.25. The molecule has 0 unspecified atom stereocenters. The van der Waals surface area contributed by atoms with Crippen LogP contribution < -0.4 is 10.6 Å². The van der Waals surface area contributed by atoms with E-state index in [9.17, 15) is 0 Å². The highest BCUT2D eigenvalue weighted by Crippen LogP contribution is 2.25. The summed E-state index contributed by atoms with van der Waals surface area (Å²) in [6.07, 6.45) is 5.30. The molecular weight excluding hydrogens is 186 g/mol. The van der Waals surface area contributed by atoms with Crippen molar-refractivity contribution in [2.24, 2.45) is 5.73 Å². The van der Waals surface area contributed by atoms with E-state index in [1.54, 1.807) is 0 Å². The van der Waals surface area contributed by atoms with Gasteiger partial charge < -0.3 is 10.6 Å². The number of nitrogens with two attached hydrogens (primary N) is 1. The molecule has 2 rings (SSSR count). The van der Waals surface area contributed by atoms with Crippen LogP contribution in [0, 0.1) is 0 Å². The van der Waals surface area contributed by atoms with E-state index in [0.29, 0.717) is 12.6 Å². The summed E-state index contributed by atoms with van der Waals surface area (Å²) in [5.74, 6) is 1.06. The van der Waals surface area contributed by atoms with Crippen molar-refractivity contribution in [2.75, 3.05) is 11.9 Å². The lowest BCUT2D eigenvalue weighted by molar-refractivity contribution is 0.645. The Morgan fingerprint density at radius 1 is 1.40 bits per heavy atom. The number of nitrogens with zero attached hydrogens (tertiary/aromatic N) is 2. The summed E-state index contributed by atoms with van der Waals surface area (Å²) in [7, 11) is 2.14. The molecule has 1 fully saturated rings. The summed E-state index contributed by atoms with van der Waals surface area (Å²) in [4.78, 5) is 6.83. The molecule has 1 aliphatic carbocycles. The van der Waals surface area contributed by atoms with Gasteiger partial charge in [-0.3, -0.25) is 0 Å². The van der Waals surface area contributed by atoms with Crippen LogP contribution in [-0.2, 0) is 6.54 Å². The Kier molecular flexibility index (Phi) is 3.21. The Hall–Kier alpha value is -1.09. The number of hydrogen-bond donors (Lipinski definition) is 1. The molecule has 1 aliphatic rings. The summed E-state index contributed by atoms with van der Waals surface area (Å²) in [5.41, 5.74) is 6.56. The molecule has 2 N–H and O–H groups in total. The summed E-state index contributed by atoms with van der Waals surface area (Å²) < 4.78 is 0. The summed E-state index contributed by atoms with van der Waals surface area (Å²) in [6.45, 7) is 0.520. The van der Waals surface area contributed by atoms with Crippen molar-refractivity contribution in [2.45, 2.75) is 38.3 Å². The Bertz CT molecular complexity index is 318. The van der Waals surface area contributed by atoms with Gasteiger partial charge in [-0.1, -0.05) is 18.9 Å². The van der Waals surface area contributed by atoms with E-state index in [1.165, 1.54) is 25.7 Å². The number of hydrogen-bond acceptors (Lipinski definition) is 3. The predicted molar refractivity (Wildman–Crippen MR) is 62.8 cm³/mol. The maximum absolute atomic E-state index is 5.59. The van der Waals surface area contributed by atoms with Crippen LogP contribution in [0.4, 0.5) is 5.82 Å². The molecule has 1 aromatic heterocycles. The van der Waals surface area contributed by atoms with Crippen molar-refractivity contribution in [3.63, 3.8) is 0 Å². The second kappa shape index (κ2) is 4.62. The second-order valence-corrected chi connectivity index (χ2v) is 4.24. The summed E-state index contributed by atoms with van der Waals surface area (Å²) in [6, 6.07) is 6.75. The summed E-state index contributed by atoms with van der Waals surface area (Å²) in [5, 5.41) is 0. The molecular formula is C12H19N3. The topological polar surface area (TPSA) is 42.1 Å². The zero-order chi connectivity index (χ0) is 10.7. The van der Waals surface area contributed by atoms with Crippen LogP contribution in [0.1, 0.15) is 31.4 Å². The molecule has 0 amide bonds. The fourth-order valence-electron chi connectivity index (χ4n) is 2.26.